The number of hydrogen-bond donors (Lipinski definition) is 3. The summed E-state index contributed by atoms with van der Waals surface area (Å²) in [4.78, 5) is 9.92. The average molecular weight is 156 g/mol. The first-order valence-electron chi connectivity index (χ1n) is 2.26. The van der Waals surface area contributed by atoms with Crippen molar-refractivity contribution in [3.8, 4) is 0 Å². The minimum atomic E-state index is -1.05. The van der Waals surface area contributed by atoms with Gasteiger partial charge in [-0.05, 0) is 0 Å². The molecule has 0 rings (SSSR count). The summed E-state index contributed by atoms with van der Waals surface area (Å²) in [6.07, 6.45) is 0. The third-order valence-corrected chi connectivity index (χ3v) is 0.854. The van der Waals surface area contributed by atoms with Crippen molar-refractivity contribution in [2.24, 2.45) is 11.7 Å². The van der Waals surface area contributed by atoms with Crippen LogP contribution in [0.25, 0.3) is 0 Å². The Labute approximate surface area is 59.1 Å². The van der Waals surface area contributed by atoms with E-state index in [1.54, 1.807) is 0 Å². The van der Waals surface area contributed by atoms with Gasteiger partial charge in [0, 0.05) is 6.54 Å². The number of carboxylic acids is 1. The number of halogens is 1. The molecule has 0 unspecified atom stereocenters. The second-order valence-corrected chi connectivity index (χ2v) is 1.45. The fraction of sp³-hybridized carbons (Fsp3) is 0.750. The molecule has 0 saturated carbocycles. The summed E-state index contributed by atoms with van der Waals surface area (Å²) in [5, 5.41) is 16.4. The fourth-order valence-electron chi connectivity index (χ4n) is 0.253. The van der Waals surface area contributed by atoms with E-state index in [1.165, 1.54) is 0 Å². The van der Waals surface area contributed by atoms with Gasteiger partial charge in [0.15, 0.2) is 0 Å². The molecule has 5 heteroatoms. The van der Waals surface area contributed by atoms with E-state index in [0.29, 0.717) is 0 Å². The second-order valence-electron chi connectivity index (χ2n) is 1.45. The molecule has 1 atom stereocenters. The van der Waals surface area contributed by atoms with Gasteiger partial charge in [-0.2, -0.15) is 0 Å². The molecule has 0 aromatic rings. The summed E-state index contributed by atoms with van der Waals surface area (Å²) >= 11 is 0. The summed E-state index contributed by atoms with van der Waals surface area (Å²) in [6, 6.07) is 0. The summed E-state index contributed by atoms with van der Waals surface area (Å²) in [5.74, 6) is -1.84. The number of aliphatic hydroxyl groups is 1. The molecule has 0 fully saturated rings. The second kappa shape index (κ2) is 5.81. The maximum absolute atomic E-state index is 9.92. The van der Waals surface area contributed by atoms with Gasteiger partial charge < -0.3 is 15.9 Å². The molecule has 0 amide bonds. The Balaban J connectivity index is 0. The van der Waals surface area contributed by atoms with Gasteiger partial charge in [0.1, 0.15) is 0 Å². The van der Waals surface area contributed by atoms with Crippen LogP contribution in [0.4, 0.5) is 0 Å². The first-order chi connectivity index (χ1) is 3.72. The molecule has 0 aliphatic carbocycles. The molecule has 0 radical (unpaired) electrons. The van der Waals surface area contributed by atoms with Gasteiger partial charge in [0.05, 0.1) is 12.5 Å². The lowest BCUT2D eigenvalue weighted by molar-refractivity contribution is -0.142. The Kier molecular flexibility index (Phi) is 7.41. The lowest BCUT2D eigenvalue weighted by atomic mass is 10.2. The zero-order chi connectivity index (χ0) is 6.57. The zero-order valence-electron chi connectivity index (χ0n) is 4.78. The van der Waals surface area contributed by atoms with Crippen LogP contribution in [0.2, 0.25) is 0 Å². The van der Waals surface area contributed by atoms with Crippen molar-refractivity contribution < 1.29 is 15.0 Å². The van der Waals surface area contributed by atoms with E-state index in [9.17, 15) is 4.79 Å². The smallest absolute Gasteiger partial charge is 0.310 e. The topological polar surface area (TPSA) is 83.5 Å². The summed E-state index contributed by atoms with van der Waals surface area (Å²) < 4.78 is 0. The minimum absolute atomic E-state index is 0. The number of rotatable bonds is 3. The normalized spacial score (nSPS) is 11.8. The number of aliphatic hydroxyl groups excluding tert-OH is 1. The molecule has 0 heterocycles. The van der Waals surface area contributed by atoms with E-state index in [4.69, 9.17) is 15.9 Å². The monoisotopic (exact) mass is 155 g/mol. The number of nitrogens with two attached hydrogens (primary N) is 1. The minimum Gasteiger partial charge on any atom is -0.481 e. The molecule has 9 heavy (non-hydrogen) atoms. The van der Waals surface area contributed by atoms with Gasteiger partial charge in [-0.1, -0.05) is 0 Å². The average Bonchev–Trinajstić information content (AvgIpc) is 1.69. The Bertz CT molecular complexity index is 83.9. The first kappa shape index (κ1) is 11.5. The highest BCUT2D eigenvalue weighted by molar-refractivity contribution is 5.85. The van der Waals surface area contributed by atoms with E-state index in [1.807, 2.05) is 0 Å². The van der Waals surface area contributed by atoms with Crippen molar-refractivity contribution in [1.82, 2.24) is 0 Å². The highest BCUT2D eigenvalue weighted by atomic mass is 35.5. The molecule has 0 aromatic carbocycles. The van der Waals surface area contributed by atoms with Crippen LogP contribution in [0.1, 0.15) is 0 Å². The van der Waals surface area contributed by atoms with Crippen LogP contribution in [-0.4, -0.2) is 29.3 Å². The lowest BCUT2D eigenvalue weighted by Crippen LogP contribution is -2.26. The van der Waals surface area contributed by atoms with Gasteiger partial charge in [0.25, 0.3) is 0 Å². The van der Waals surface area contributed by atoms with Gasteiger partial charge in [-0.3, -0.25) is 4.79 Å². The Morgan fingerprint density at radius 1 is 1.67 bits per heavy atom. The van der Waals surface area contributed by atoms with E-state index in [-0.39, 0.29) is 25.6 Å². The third-order valence-electron chi connectivity index (χ3n) is 0.854. The largest absolute Gasteiger partial charge is 0.481 e. The molecular weight excluding hydrogens is 146 g/mol. The van der Waals surface area contributed by atoms with Gasteiger partial charge in [-0.25, -0.2) is 0 Å². The van der Waals surface area contributed by atoms with Gasteiger partial charge in [0.2, 0.25) is 0 Å². The predicted molar refractivity (Wildman–Crippen MR) is 34.5 cm³/mol. The Morgan fingerprint density at radius 2 is 2.11 bits per heavy atom. The first-order valence-corrected chi connectivity index (χ1v) is 2.26. The fourth-order valence-corrected chi connectivity index (χ4v) is 0.253. The van der Waals surface area contributed by atoms with E-state index >= 15 is 0 Å². The summed E-state index contributed by atoms with van der Waals surface area (Å²) in [7, 11) is 0. The molecule has 0 spiro atoms. The lowest BCUT2D eigenvalue weighted by Gasteiger charge is -2.01. The number of carboxylic acid groups (broad SMARTS) is 1. The van der Waals surface area contributed by atoms with Gasteiger partial charge >= 0.3 is 5.97 Å². The molecule has 0 aromatic heterocycles. The molecule has 56 valence electrons. The molecule has 0 aliphatic rings. The van der Waals surface area contributed by atoms with E-state index in [0.717, 1.165) is 0 Å². The van der Waals surface area contributed by atoms with Crippen LogP contribution >= 0.6 is 12.4 Å². The number of hydrogen-bond acceptors (Lipinski definition) is 3. The number of carbonyl (C=O) groups is 1. The number of aliphatic carboxylic acids is 1. The molecular formula is C4H10ClNO3. The maximum atomic E-state index is 9.92. The molecule has 4 N–H and O–H groups in total. The Morgan fingerprint density at radius 3 is 2.11 bits per heavy atom. The van der Waals surface area contributed by atoms with Crippen LogP contribution in [0, 0.1) is 5.92 Å². The quantitative estimate of drug-likeness (QED) is 0.491. The zero-order valence-corrected chi connectivity index (χ0v) is 5.60. The predicted octanol–water partition coefficient (Wildman–Crippen LogP) is -0.940. The van der Waals surface area contributed by atoms with Crippen molar-refractivity contribution in [1.29, 1.82) is 0 Å². The van der Waals surface area contributed by atoms with Crippen LogP contribution in [0.15, 0.2) is 0 Å². The highest BCUT2D eigenvalue weighted by Crippen LogP contribution is 1.88. The third kappa shape index (κ3) is 4.20. The molecule has 0 aliphatic heterocycles. The van der Waals surface area contributed by atoms with Crippen molar-refractivity contribution in [2.45, 2.75) is 0 Å². The molecule has 0 bridgehead atoms. The van der Waals surface area contributed by atoms with Crippen molar-refractivity contribution in [3.05, 3.63) is 0 Å². The van der Waals surface area contributed by atoms with E-state index in [2.05, 4.69) is 0 Å². The van der Waals surface area contributed by atoms with Crippen LogP contribution < -0.4 is 5.73 Å². The maximum Gasteiger partial charge on any atom is 0.310 e. The van der Waals surface area contributed by atoms with Crippen molar-refractivity contribution >= 4 is 18.4 Å². The summed E-state index contributed by atoms with van der Waals surface area (Å²) in [5.41, 5.74) is 4.94. The van der Waals surface area contributed by atoms with Crippen LogP contribution in [0.5, 0.6) is 0 Å². The van der Waals surface area contributed by atoms with Crippen LogP contribution in [-0.2, 0) is 4.79 Å². The SMILES string of the molecule is Cl.NC[C@H](CO)C(=O)O. The molecule has 0 saturated heterocycles. The van der Waals surface area contributed by atoms with E-state index < -0.39 is 11.9 Å². The standard InChI is InChI=1S/C4H9NO3.ClH/c5-1-3(2-6)4(7)8;/h3,6H,1-2,5H2,(H,7,8);1H/t3-;/m1./s1. The summed E-state index contributed by atoms with van der Waals surface area (Å²) in [6.45, 7) is -0.391. The van der Waals surface area contributed by atoms with Crippen molar-refractivity contribution in [2.75, 3.05) is 13.2 Å². The Hall–Kier alpha value is -0.320. The van der Waals surface area contributed by atoms with Crippen LogP contribution in [0.3, 0.4) is 0 Å². The van der Waals surface area contributed by atoms with Gasteiger partial charge in [-0.15, -0.1) is 12.4 Å². The van der Waals surface area contributed by atoms with Crippen molar-refractivity contribution in [3.63, 3.8) is 0 Å². The highest BCUT2D eigenvalue weighted by Gasteiger charge is 2.12. The molecule has 4 nitrogen and oxygen atoms in total.